The normalized spacial score (nSPS) is 23.4. The molecule has 1 fully saturated rings. The van der Waals surface area contributed by atoms with E-state index in [2.05, 4.69) is 12.2 Å². The van der Waals surface area contributed by atoms with Crippen LogP contribution in [0.15, 0.2) is 12.1 Å². The molecule has 90 valence electrons. The van der Waals surface area contributed by atoms with Gasteiger partial charge in [0.15, 0.2) is 0 Å². The van der Waals surface area contributed by atoms with Crippen LogP contribution in [0.2, 0.25) is 0 Å². The van der Waals surface area contributed by atoms with Crippen molar-refractivity contribution in [2.75, 3.05) is 16.8 Å². The number of hydrogen-bond acceptors (Lipinski definition) is 3. The minimum absolute atomic E-state index is 0.315. The first kappa shape index (κ1) is 12.3. The van der Waals surface area contributed by atoms with Crippen LogP contribution in [0.5, 0.6) is 0 Å². The maximum atomic E-state index is 13.6. The number of halogens is 1. The molecule has 0 aromatic heterocycles. The fourth-order valence-corrected chi connectivity index (χ4v) is 3.34. The van der Waals surface area contributed by atoms with Crippen LogP contribution in [-0.2, 0) is 0 Å². The molecule has 0 spiro atoms. The number of rotatable bonds is 2. The average molecular weight is 250 g/mol. The summed E-state index contributed by atoms with van der Waals surface area (Å²) in [5.74, 6) is 2.44. The first-order valence-electron chi connectivity index (χ1n) is 5.66. The van der Waals surface area contributed by atoms with Gasteiger partial charge in [0.1, 0.15) is 5.82 Å². The summed E-state index contributed by atoms with van der Waals surface area (Å²) in [6.07, 6.45) is 0. The molecule has 1 heterocycles. The second-order valence-electron chi connectivity index (χ2n) is 4.51. The third-order valence-corrected chi connectivity index (χ3v) is 4.54. The van der Waals surface area contributed by atoms with Gasteiger partial charge in [-0.3, -0.25) is 0 Å². The molecule has 1 aliphatic heterocycles. The molecular formula is C13H15FN2S. The number of anilines is 1. The van der Waals surface area contributed by atoms with E-state index < -0.39 is 0 Å². The van der Waals surface area contributed by atoms with Crippen LogP contribution in [0.4, 0.5) is 10.1 Å². The molecule has 1 N–H and O–H groups in total. The standard InChI is InChI=1S/C13H15FN2S/c1-8-6-17-7-13(8)16-12-4-10(5-15)3-11(14)9(12)2/h3-4,8,13,16H,6-7H2,1-2H3. The Labute approximate surface area is 105 Å². The minimum atomic E-state index is -0.315. The number of nitriles is 1. The van der Waals surface area contributed by atoms with E-state index in [0.29, 0.717) is 23.1 Å². The highest BCUT2D eigenvalue weighted by Crippen LogP contribution is 2.29. The van der Waals surface area contributed by atoms with Crippen molar-refractivity contribution in [1.82, 2.24) is 0 Å². The zero-order valence-electron chi connectivity index (χ0n) is 9.96. The smallest absolute Gasteiger partial charge is 0.129 e. The van der Waals surface area contributed by atoms with E-state index in [1.165, 1.54) is 6.07 Å². The van der Waals surface area contributed by atoms with E-state index in [9.17, 15) is 4.39 Å². The summed E-state index contributed by atoms with van der Waals surface area (Å²) < 4.78 is 13.6. The molecular weight excluding hydrogens is 235 g/mol. The van der Waals surface area contributed by atoms with Gasteiger partial charge in [0.2, 0.25) is 0 Å². The number of nitrogens with zero attached hydrogens (tertiary/aromatic N) is 1. The number of thioether (sulfide) groups is 1. The van der Waals surface area contributed by atoms with Gasteiger partial charge in [-0.15, -0.1) is 0 Å². The predicted octanol–water partition coefficient (Wildman–Crippen LogP) is 3.17. The number of hydrogen-bond donors (Lipinski definition) is 1. The van der Waals surface area contributed by atoms with Crippen molar-refractivity contribution in [3.8, 4) is 6.07 Å². The van der Waals surface area contributed by atoms with Crippen molar-refractivity contribution in [3.63, 3.8) is 0 Å². The van der Waals surface area contributed by atoms with Gasteiger partial charge in [0.25, 0.3) is 0 Å². The monoisotopic (exact) mass is 250 g/mol. The maximum Gasteiger partial charge on any atom is 0.129 e. The second kappa shape index (κ2) is 4.97. The van der Waals surface area contributed by atoms with Gasteiger partial charge in [-0.2, -0.15) is 17.0 Å². The van der Waals surface area contributed by atoms with Crippen molar-refractivity contribution >= 4 is 17.4 Å². The van der Waals surface area contributed by atoms with Gasteiger partial charge in [0.05, 0.1) is 11.6 Å². The Morgan fingerprint density at radius 3 is 2.82 bits per heavy atom. The van der Waals surface area contributed by atoms with Crippen LogP contribution in [0.25, 0.3) is 0 Å². The van der Waals surface area contributed by atoms with Crippen LogP contribution in [0.1, 0.15) is 18.1 Å². The molecule has 1 aromatic carbocycles. The van der Waals surface area contributed by atoms with Crippen molar-refractivity contribution in [2.24, 2.45) is 5.92 Å². The average Bonchev–Trinajstić information content (AvgIpc) is 2.70. The van der Waals surface area contributed by atoms with E-state index in [4.69, 9.17) is 5.26 Å². The van der Waals surface area contributed by atoms with Gasteiger partial charge in [0, 0.05) is 23.0 Å². The first-order chi connectivity index (χ1) is 8.11. The van der Waals surface area contributed by atoms with Gasteiger partial charge in [-0.25, -0.2) is 4.39 Å². The molecule has 0 saturated carbocycles. The molecule has 4 heteroatoms. The summed E-state index contributed by atoms with van der Waals surface area (Å²) in [5, 5.41) is 12.2. The Balaban J connectivity index is 2.26. The molecule has 2 atom stereocenters. The molecule has 2 rings (SSSR count). The molecule has 1 aliphatic rings. The van der Waals surface area contributed by atoms with Gasteiger partial charge >= 0.3 is 0 Å². The van der Waals surface area contributed by atoms with Crippen molar-refractivity contribution in [2.45, 2.75) is 19.9 Å². The molecule has 1 saturated heterocycles. The summed E-state index contributed by atoms with van der Waals surface area (Å²) >= 11 is 1.91. The molecule has 0 bridgehead atoms. The molecule has 2 unspecified atom stereocenters. The lowest BCUT2D eigenvalue weighted by molar-refractivity contribution is 0.594. The lowest BCUT2D eigenvalue weighted by atomic mass is 10.0. The molecule has 2 nitrogen and oxygen atoms in total. The quantitative estimate of drug-likeness (QED) is 0.875. The fourth-order valence-electron chi connectivity index (χ4n) is 1.94. The van der Waals surface area contributed by atoms with Crippen LogP contribution in [0, 0.1) is 30.0 Å². The van der Waals surface area contributed by atoms with Crippen molar-refractivity contribution < 1.29 is 4.39 Å². The third kappa shape index (κ3) is 2.55. The van der Waals surface area contributed by atoms with Crippen molar-refractivity contribution in [1.29, 1.82) is 5.26 Å². The van der Waals surface area contributed by atoms with Crippen LogP contribution < -0.4 is 5.32 Å². The summed E-state index contributed by atoms with van der Waals surface area (Å²) in [4.78, 5) is 0. The minimum Gasteiger partial charge on any atom is -0.381 e. The maximum absolute atomic E-state index is 13.6. The molecule has 0 aliphatic carbocycles. The van der Waals surface area contributed by atoms with Crippen molar-refractivity contribution in [3.05, 3.63) is 29.1 Å². The van der Waals surface area contributed by atoms with Crippen LogP contribution in [-0.4, -0.2) is 17.5 Å². The van der Waals surface area contributed by atoms with Gasteiger partial charge in [-0.1, -0.05) is 6.92 Å². The highest BCUT2D eigenvalue weighted by molar-refractivity contribution is 7.99. The Hall–Kier alpha value is -1.21. The summed E-state index contributed by atoms with van der Waals surface area (Å²) in [5.41, 5.74) is 1.71. The van der Waals surface area contributed by atoms with E-state index in [-0.39, 0.29) is 5.82 Å². The Morgan fingerprint density at radius 1 is 1.47 bits per heavy atom. The van der Waals surface area contributed by atoms with Crippen LogP contribution in [0.3, 0.4) is 0 Å². The van der Waals surface area contributed by atoms with E-state index in [1.54, 1.807) is 13.0 Å². The van der Waals surface area contributed by atoms with E-state index in [1.807, 2.05) is 17.8 Å². The molecule has 1 aromatic rings. The highest BCUT2D eigenvalue weighted by atomic mass is 32.2. The summed E-state index contributed by atoms with van der Waals surface area (Å²) in [7, 11) is 0. The second-order valence-corrected chi connectivity index (χ2v) is 5.58. The SMILES string of the molecule is Cc1c(F)cc(C#N)cc1NC1CSCC1C. The summed E-state index contributed by atoms with van der Waals surface area (Å²) in [6.45, 7) is 3.93. The topological polar surface area (TPSA) is 35.8 Å². The zero-order chi connectivity index (χ0) is 12.4. The fraction of sp³-hybridized carbons (Fsp3) is 0.462. The van der Waals surface area contributed by atoms with Gasteiger partial charge in [-0.05, 0) is 30.7 Å². The Kier molecular flexibility index (Phi) is 3.58. The zero-order valence-corrected chi connectivity index (χ0v) is 10.8. The van der Waals surface area contributed by atoms with Gasteiger partial charge < -0.3 is 5.32 Å². The summed E-state index contributed by atoms with van der Waals surface area (Å²) in [6, 6.07) is 5.37. The third-order valence-electron chi connectivity index (χ3n) is 3.18. The lowest BCUT2D eigenvalue weighted by Crippen LogP contribution is -2.26. The largest absolute Gasteiger partial charge is 0.381 e. The molecule has 0 radical (unpaired) electrons. The Bertz CT molecular complexity index is 467. The highest BCUT2D eigenvalue weighted by Gasteiger charge is 2.24. The lowest BCUT2D eigenvalue weighted by Gasteiger charge is -2.19. The predicted molar refractivity (Wildman–Crippen MR) is 69.8 cm³/mol. The number of nitrogens with one attached hydrogen (secondary N) is 1. The van der Waals surface area contributed by atoms with E-state index in [0.717, 1.165) is 17.2 Å². The van der Waals surface area contributed by atoms with E-state index >= 15 is 0 Å². The Morgan fingerprint density at radius 2 is 2.24 bits per heavy atom. The van der Waals surface area contributed by atoms with Crippen LogP contribution >= 0.6 is 11.8 Å². The molecule has 0 amide bonds. The number of benzene rings is 1. The first-order valence-corrected chi connectivity index (χ1v) is 6.82. The molecule has 17 heavy (non-hydrogen) atoms.